The fourth-order valence-corrected chi connectivity index (χ4v) is 2.64. The molecule has 0 unspecified atom stereocenters. The molecule has 2 rings (SSSR count). The Bertz CT molecular complexity index is 581. The molecule has 0 aliphatic heterocycles. The maximum Gasteiger partial charge on any atom is 0.234 e. The molecule has 0 saturated heterocycles. The molecular weight excluding hydrogens is 266 g/mol. The predicted octanol–water partition coefficient (Wildman–Crippen LogP) is 4.18. The molecule has 0 aliphatic carbocycles. The molecule has 0 bridgehead atoms. The largest absolute Gasteiger partial charge is 0.325 e. The molecular formula is C17H19NOS. The third-order valence-electron chi connectivity index (χ3n) is 3.14. The molecule has 0 fully saturated rings. The number of benzene rings is 2. The number of aryl methyl sites for hydroxylation is 2. The van der Waals surface area contributed by atoms with Crippen LogP contribution < -0.4 is 5.32 Å². The average Bonchev–Trinajstić information content (AvgIpc) is 2.44. The highest BCUT2D eigenvalue weighted by atomic mass is 32.2. The number of thioether (sulfide) groups is 1. The van der Waals surface area contributed by atoms with E-state index in [9.17, 15) is 4.79 Å². The molecule has 2 nitrogen and oxygen atoms in total. The molecule has 0 radical (unpaired) electrons. The Morgan fingerprint density at radius 2 is 1.80 bits per heavy atom. The zero-order valence-corrected chi connectivity index (χ0v) is 12.7. The van der Waals surface area contributed by atoms with Crippen LogP contribution in [0.15, 0.2) is 48.5 Å². The number of anilines is 1. The van der Waals surface area contributed by atoms with Gasteiger partial charge in [0.25, 0.3) is 0 Å². The van der Waals surface area contributed by atoms with Crippen LogP contribution in [0.4, 0.5) is 5.69 Å². The Labute approximate surface area is 124 Å². The minimum absolute atomic E-state index is 0.0502. The number of nitrogens with one attached hydrogen (secondary N) is 1. The molecule has 0 saturated carbocycles. The van der Waals surface area contributed by atoms with Crippen molar-refractivity contribution in [1.82, 2.24) is 0 Å². The van der Waals surface area contributed by atoms with E-state index in [0.29, 0.717) is 5.75 Å². The van der Waals surface area contributed by atoms with Crippen molar-refractivity contribution in [1.29, 1.82) is 0 Å². The second-order valence-electron chi connectivity index (χ2n) is 4.83. The van der Waals surface area contributed by atoms with E-state index in [0.717, 1.165) is 11.4 Å². The van der Waals surface area contributed by atoms with E-state index in [1.165, 1.54) is 16.7 Å². The van der Waals surface area contributed by atoms with Crippen molar-refractivity contribution in [2.24, 2.45) is 0 Å². The number of carbonyl (C=O) groups excluding carboxylic acids is 1. The van der Waals surface area contributed by atoms with Crippen LogP contribution >= 0.6 is 11.8 Å². The van der Waals surface area contributed by atoms with E-state index in [-0.39, 0.29) is 5.91 Å². The van der Waals surface area contributed by atoms with E-state index >= 15 is 0 Å². The highest BCUT2D eigenvalue weighted by Crippen LogP contribution is 2.16. The summed E-state index contributed by atoms with van der Waals surface area (Å²) < 4.78 is 0. The molecule has 0 heterocycles. The molecule has 20 heavy (non-hydrogen) atoms. The Morgan fingerprint density at radius 3 is 2.50 bits per heavy atom. The standard InChI is InChI=1S/C17H19NOS/c1-13-8-9-16(10-14(13)2)18-17(19)12-20-11-15-6-4-3-5-7-15/h3-10H,11-12H2,1-2H3,(H,18,19). The summed E-state index contributed by atoms with van der Waals surface area (Å²) in [5, 5.41) is 2.94. The first-order valence-electron chi connectivity index (χ1n) is 6.64. The van der Waals surface area contributed by atoms with Gasteiger partial charge in [-0.3, -0.25) is 4.79 Å². The first-order valence-corrected chi connectivity index (χ1v) is 7.79. The van der Waals surface area contributed by atoms with Gasteiger partial charge in [0.1, 0.15) is 0 Å². The van der Waals surface area contributed by atoms with Gasteiger partial charge in [-0.25, -0.2) is 0 Å². The van der Waals surface area contributed by atoms with Gasteiger partial charge in [-0.1, -0.05) is 36.4 Å². The van der Waals surface area contributed by atoms with Crippen molar-refractivity contribution in [2.45, 2.75) is 19.6 Å². The summed E-state index contributed by atoms with van der Waals surface area (Å²) in [4.78, 5) is 11.9. The molecule has 1 amide bonds. The third-order valence-corrected chi connectivity index (χ3v) is 4.14. The van der Waals surface area contributed by atoms with Crippen LogP contribution in [0.2, 0.25) is 0 Å². The van der Waals surface area contributed by atoms with Crippen LogP contribution in [-0.2, 0) is 10.5 Å². The fourth-order valence-electron chi connectivity index (χ4n) is 1.85. The smallest absolute Gasteiger partial charge is 0.234 e. The van der Waals surface area contributed by atoms with E-state index in [2.05, 4.69) is 31.3 Å². The highest BCUT2D eigenvalue weighted by Gasteiger charge is 2.04. The van der Waals surface area contributed by atoms with Crippen molar-refractivity contribution in [3.63, 3.8) is 0 Å². The van der Waals surface area contributed by atoms with Gasteiger partial charge in [0, 0.05) is 11.4 Å². The van der Waals surface area contributed by atoms with Crippen LogP contribution in [-0.4, -0.2) is 11.7 Å². The lowest BCUT2D eigenvalue weighted by Gasteiger charge is -2.07. The van der Waals surface area contributed by atoms with Gasteiger partial charge in [-0.05, 0) is 42.7 Å². The lowest BCUT2D eigenvalue weighted by molar-refractivity contribution is -0.113. The van der Waals surface area contributed by atoms with Crippen LogP contribution in [0.3, 0.4) is 0 Å². The van der Waals surface area contributed by atoms with Crippen LogP contribution in [0, 0.1) is 13.8 Å². The summed E-state index contributed by atoms with van der Waals surface area (Å²) in [5.41, 5.74) is 4.55. The van der Waals surface area contributed by atoms with Crippen LogP contribution in [0.25, 0.3) is 0 Å². The first kappa shape index (κ1) is 14.7. The zero-order chi connectivity index (χ0) is 14.4. The molecule has 1 N–H and O–H groups in total. The minimum atomic E-state index is 0.0502. The summed E-state index contributed by atoms with van der Waals surface area (Å²) in [6.45, 7) is 4.12. The van der Waals surface area contributed by atoms with E-state index in [1.807, 2.05) is 36.4 Å². The fraction of sp³-hybridized carbons (Fsp3) is 0.235. The van der Waals surface area contributed by atoms with Crippen molar-refractivity contribution in [2.75, 3.05) is 11.1 Å². The van der Waals surface area contributed by atoms with Gasteiger partial charge in [0.05, 0.1) is 5.75 Å². The van der Waals surface area contributed by atoms with E-state index < -0.39 is 0 Å². The zero-order valence-electron chi connectivity index (χ0n) is 11.8. The summed E-state index contributed by atoms with van der Waals surface area (Å²) >= 11 is 1.63. The molecule has 0 aliphatic rings. The van der Waals surface area contributed by atoms with Gasteiger partial charge >= 0.3 is 0 Å². The average molecular weight is 285 g/mol. The first-order chi connectivity index (χ1) is 9.65. The second kappa shape index (κ2) is 7.15. The van der Waals surface area contributed by atoms with Crippen LogP contribution in [0.1, 0.15) is 16.7 Å². The Balaban J connectivity index is 1.79. The molecule has 0 spiro atoms. The molecule has 3 heteroatoms. The van der Waals surface area contributed by atoms with Gasteiger partial charge in [0.15, 0.2) is 0 Å². The quantitative estimate of drug-likeness (QED) is 0.893. The van der Waals surface area contributed by atoms with E-state index in [1.54, 1.807) is 11.8 Å². The molecule has 2 aromatic carbocycles. The van der Waals surface area contributed by atoms with Gasteiger partial charge in [-0.15, -0.1) is 11.8 Å². The van der Waals surface area contributed by atoms with Crippen molar-refractivity contribution < 1.29 is 4.79 Å². The van der Waals surface area contributed by atoms with Crippen molar-refractivity contribution >= 4 is 23.4 Å². The number of carbonyl (C=O) groups is 1. The summed E-state index contributed by atoms with van der Waals surface area (Å²) in [7, 11) is 0. The van der Waals surface area contributed by atoms with Crippen LogP contribution in [0.5, 0.6) is 0 Å². The van der Waals surface area contributed by atoms with E-state index in [4.69, 9.17) is 0 Å². The number of hydrogen-bond donors (Lipinski definition) is 1. The van der Waals surface area contributed by atoms with Gasteiger partial charge in [0.2, 0.25) is 5.91 Å². The molecule has 0 aromatic heterocycles. The lowest BCUT2D eigenvalue weighted by atomic mass is 10.1. The summed E-state index contributed by atoms with van der Waals surface area (Å²) in [5.74, 6) is 1.39. The maximum atomic E-state index is 11.9. The molecule has 0 atom stereocenters. The normalized spacial score (nSPS) is 10.3. The summed E-state index contributed by atoms with van der Waals surface area (Å²) in [6, 6.07) is 16.2. The van der Waals surface area contributed by atoms with Gasteiger partial charge in [-0.2, -0.15) is 0 Å². The highest BCUT2D eigenvalue weighted by molar-refractivity contribution is 7.99. The molecule has 104 valence electrons. The number of amides is 1. The Morgan fingerprint density at radius 1 is 1.05 bits per heavy atom. The monoisotopic (exact) mass is 285 g/mol. The lowest BCUT2D eigenvalue weighted by Crippen LogP contribution is -2.14. The number of hydrogen-bond acceptors (Lipinski definition) is 2. The topological polar surface area (TPSA) is 29.1 Å². The minimum Gasteiger partial charge on any atom is -0.325 e. The molecule has 2 aromatic rings. The SMILES string of the molecule is Cc1ccc(NC(=O)CSCc2ccccc2)cc1C. The van der Waals surface area contributed by atoms with Gasteiger partial charge < -0.3 is 5.32 Å². The Kier molecular flexibility index (Phi) is 5.24. The summed E-state index contributed by atoms with van der Waals surface area (Å²) in [6.07, 6.45) is 0. The second-order valence-corrected chi connectivity index (χ2v) is 5.81. The van der Waals surface area contributed by atoms with Crippen molar-refractivity contribution in [3.8, 4) is 0 Å². The number of rotatable bonds is 5. The van der Waals surface area contributed by atoms with Crippen molar-refractivity contribution in [3.05, 3.63) is 65.2 Å². The predicted molar refractivity (Wildman–Crippen MR) is 87.1 cm³/mol. The maximum absolute atomic E-state index is 11.9. The third kappa shape index (κ3) is 4.42. The Hall–Kier alpha value is -1.74.